The summed E-state index contributed by atoms with van der Waals surface area (Å²) in [6.07, 6.45) is 5.29. The SMILES string of the molecule is COc1ccc([Si](C)(C)[C@@H]2[C@@H](C)[C@@H](CCc3cccc(-n4cccc(OC)c4=O)c3)O[C@H]2CC(=O)N2CCC[C@H]2CO)cc1. The summed E-state index contributed by atoms with van der Waals surface area (Å²) in [5, 5.41) is 11.2. The maximum Gasteiger partial charge on any atom is 0.297 e. The number of methoxy groups -OCH3 is 2. The van der Waals surface area contributed by atoms with Crippen molar-refractivity contribution in [3.05, 3.63) is 82.8 Å². The van der Waals surface area contributed by atoms with Crippen molar-refractivity contribution in [3.8, 4) is 17.2 Å². The minimum absolute atomic E-state index is 0.00163. The maximum atomic E-state index is 13.6. The summed E-state index contributed by atoms with van der Waals surface area (Å²) in [6.45, 7) is 7.78. The van der Waals surface area contributed by atoms with Gasteiger partial charge in [0.15, 0.2) is 5.75 Å². The number of ether oxygens (including phenoxy) is 3. The van der Waals surface area contributed by atoms with Crippen molar-refractivity contribution < 1.29 is 24.1 Å². The van der Waals surface area contributed by atoms with Crippen LogP contribution in [0, 0.1) is 5.92 Å². The lowest BCUT2D eigenvalue weighted by molar-refractivity contribution is -0.135. The fourth-order valence-electron chi connectivity index (χ4n) is 7.49. The number of hydrogen-bond donors (Lipinski definition) is 1. The highest BCUT2D eigenvalue weighted by molar-refractivity contribution is 6.91. The summed E-state index contributed by atoms with van der Waals surface area (Å²) >= 11 is 0. The summed E-state index contributed by atoms with van der Waals surface area (Å²) in [6, 6.07) is 19.8. The molecule has 2 fully saturated rings. The number of carbonyl (C=O) groups is 1. The molecule has 1 N–H and O–H groups in total. The lowest BCUT2D eigenvalue weighted by atomic mass is 9.95. The van der Waals surface area contributed by atoms with Crippen LogP contribution in [0.1, 0.15) is 38.2 Å². The zero-order valence-corrected chi connectivity index (χ0v) is 27.6. The average molecular weight is 619 g/mol. The number of aliphatic hydroxyl groups excluding tert-OH is 1. The van der Waals surface area contributed by atoms with E-state index >= 15 is 0 Å². The van der Waals surface area contributed by atoms with Gasteiger partial charge in [-0.2, -0.15) is 0 Å². The fourth-order valence-corrected chi connectivity index (χ4v) is 11.6. The number of carbonyl (C=O) groups excluding carboxylic acids is 1. The molecule has 1 amide bonds. The molecular weight excluding hydrogens is 572 g/mol. The van der Waals surface area contributed by atoms with Gasteiger partial charge in [0.05, 0.1) is 53.6 Å². The number of aliphatic hydroxyl groups is 1. The highest BCUT2D eigenvalue weighted by Gasteiger charge is 2.51. The van der Waals surface area contributed by atoms with Gasteiger partial charge in [0, 0.05) is 18.4 Å². The quantitative estimate of drug-likeness (QED) is 0.317. The molecule has 2 aliphatic rings. The standard InChI is InChI=1S/C35H46N2O6Si/c1-24-30(18-13-25-9-6-10-26(21-25)37-20-8-12-31(42-3)35(37)40)43-32(22-33(39)36-19-7-11-27(36)23-38)34(24)44(4,5)29-16-14-28(41-2)15-17-29/h6,8-10,12,14-17,20-21,24,27,30,32,34,38H,7,11,13,18-19,22-23H2,1-5H3/t24-,27-,30+,32-,34+/m0/s1. The number of aryl methyl sites for hydroxylation is 1. The van der Waals surface area contributed by atoms with Crippen LogP contribution >= 0.6 is 0 Å². The van der Waals surface area contributed by atoms with Gasteiger partial charge in [0.2, 0.25) is 5.91 Å². The monoisotopic (exact) mass is 618 g/mol. The zero-order valence-electron chi connectivity index (χ0n) is 26.6. The van der Waals surface area contributed by atoms with Crippen LogP contribution in [0.2, 0.25) is 18.6 Å². The van der Waals surface area contributed by atoms with Crippen molar-refractivity contribution in [1.29, 1.82) is 0 Å². The molecule has 5 atom stereocenters. The Morgan fingerprint density at radius 1 is 1.05 bits per heavy atom. The highest BCUT2D eigenvalue weighted by Crippen LogP contribution is 2.46. The average Bonchev–Trinajstić information content (AvgIpc) is 3.64. The minimum Gasteiger partial charge on any atom is -0.497 e. The Morgan fingerprint density at radius 2 is 1.82 bits per heavy atom. The van der Waals surface area contributed by atoms with E-state index in [0.717, 1.165) is 42.7 Å². The molecule has 0 radical (unpaired) electrons. The molecule has 2 saturated heterocycles. The molecule has 9 heteroatoms. The molecule has 3 heterocycles. The normalized spacial score (nSPS) is 23.6. The van der Waals surface area contributed by atoms with Gasteiger partial charge < -0.3 is 24.2 Å². The first-order chi connectivity index (χ1) is 21.2. The molecule has 0 unspecified atom stereocenters. The third-order valence-corrected chi connectivity index (χ3v) is 14.3. The largest absolute Gasteiger partial charge is 0.497 e. The maximum absolute atomic E-state index is 13.6. The summed E-state index contributed by atoms with van der Waals surface area (Å²) in [5.74, 6) is 1.48. The first-order valence-electron chi connectivity index (χ1n) is 15.7. The number of nitrogens with zero attached hydrogens (tertiary/aromatic N) is 2. The number of pyridine rings is 1. The Labute approximate surface area is 261 Å². The van der Waals surface area contributed by atoms with Gasteiger partial charge in [0.25, 0.3) is 5.56 Å². The van der Waals surface area contributed by atoms with Gasteiger partial charge in [-0.1, -0.05) is 49.5 Å². The van der Waals surface area contributed by atoms with Crippen LogP contribution < -0.4 is 20.2 Å². The van der Waals surface area contributed by atoms with E-state index in [0.29, 0.717) is 18.7 Å². The van der Waals surface area contributed by atoms with Crippen LogP contribution in [0.3, 0.4) is 0 Å². The van der Waals surface area contributed by atoms with Gasteiger partial charge >= 0.3 is 0 Å². The van der Waals surface area contributed by atoms with E-state index in [1.165, 1.54) is 12.3 Å². The number of likely N-dealkylation sites (tertiary alicyclic amines) is 1. The van der Waals surface area contributed by atoms with Crippen molar-refractivity contribution in [2.75, 3.05) is 27.4 Å². The van der Waals surface area contributed by atoms with E-state index in [1.807, 2.05) is 35.2 Å². The molecule has 0 aliphatic carbocycles. The van der Waals surface area contributed by atoms with E-state index < -0.39 is 8.07 Å². The topological polar surface area (TPSA) is 90.2 Å². The fraction of sp³-hybridized carbons (Fsp3) is 0.486. The lowest BCUT2D eigenvalue weighted by Crippen LogP contribution is -2.51. The van der Waals surface area contributed by atoms with Crippen molar-refractivity contribution in [2.24, 2.45) is 5.92 Å². The van der Waals surface area contributed by atoms with Gasteiger partial charge in [-0.25, -0.2) is 0 Å². The molecule has 5 rings (SSSR count). The third-order valence-electron chi connectivity index (χ3n) is 9.89. The van der Waals surface area contributed by atoms with Crippen molar-refractivity contribution in [3.63, 3.8) is 0 Å². The molecule has 0 saturated carbocycles. The number of aromatic nitrogens is 1. The Balaban J connectivity index is 1.37. The van der Waals surface area contributed by atoms with Crippen LogP contribution in [0.4, 0.5) is 0 Å². The minimum atomic E-state index is -2.11. The summed E-state index contributed by atoms with van der Waals surface area (Å²) in [5.41, 5.74) is 1.97. The summed E-state index contributed by atoms with van der Waals surface area (Å²) < 4.78 is 19.1. The molecule has 2 aliphatic heterocycles. The zero-order chi connectivity index (χ0) is 31.4. The molecule has 1 aromatic heterocycles. The predicted molar refractivity (Wildman–Crippen MR) is 175 cm³/mol. The van der Waals surface area contributed by atoms with E-state index in [1.54, 1.807) is 23.9 Å². The Bertz CT molecular complexity index is 1490. The molecular formula is C35H46N2O6Si. The second-order valence-electron chi connectivity index (χ2n) is 12.8. The van der Waals surface area contributed by atoms with Crippen LogP contribution in [-0.4, -0.2) is 74.2 Å². The Kier molecular flexibility index (Phi) is 9.97. The second kappa shape index (κ2) is 13.7. The second-order valence-corrected chi connectivity index (χ2v) is 17.5. The lowest BCUT2D eigenvalue weighted by Gasteiger charge is -2.36. The smallest absolute Gasteiger partial charge is 0.297 e. The number of rotatable bonds is 11. The van der Waals surface area contributed by atoms with Crippen LogP contribution in [-0.2, 0) is 16.0 Å². The van der Waals surface area contributed by atoms with Crippen LogP contribution in [0.15, 0.2) is 71.7 Å². The van der Waals surface area contributed by atoms with E-state index in [9.17, 15) is 14.7 Å². The van der Waals surface area contributed by atoms with Crippen LogP contribution in [0.25, 0.3) is 5.69 Å². The number of benzene rings is 2. The molecule has 236 valence electrons. The van der Waals surface area contributed by atoms with Gasteiger partial charge in [-0.3, -0.25) is 14.2 Å². The highest BCUT2D eigenvalue weighted by atomic mass is 28.3. The third kappa shape index (κ3) is 6.50. The number of hydrogen-bond acceptors (Lipinski definition) is 6. The van der Waals surface area contributed by atoms with Gasteiger partial charge in [0.1, 0.15) is 5.75 Å². The molecule has 0 bridgehead atoms. The van der Waals surface area contributed by atoms with E-state index in [-0.39, 0.29) is 47.8 Å². The van der Waals surface area contributed by atoms with Crippen molar-refractivity contribution in [2.45, 2.75) is 75.9 Å². The van der Waals surface area contributed by atoms with Crippen molar-refractivity contribution >= 4 is 19.2 Å². The molecule has 2 aromatic carbocycles. The first-order valence-corrected chi connectivity index (χ1v) is 18.8. The first kappa shape index (κ1) is 32.0. The van der Waals surface area contributed by atoms with Crippen molar-refractivity contribution in [1.82, 2.24) is 9.47 Å². The Morgan fingerprint density at radius 3 is 2.52 bits per heavy atom. The number of amides is 1. The summed E-state index contributed by atoms with van der Waals surface area (Å²) in [7, 11) is 1.07. The molecule has 0 spiro atoms. The Hall–Kier alpha value is -3.40. The van der Waals surface area contributed by atoms with Gasteiger partial charge in [-0.05, 0) is 79.1 Å². The predicted octanol–water partition coefficient (Wildman–Crippen LogP) is 4.55. The van der Waals surface area contributed by atoms with Gasteiger partial charge in [-0.15, -0.1) is 0 Å². The molecule has 44 heavy (non-hydrogen) atoms. The molecule has 8 nitrogen and oxygen atoms in total. The summed E-state index contributed by atoms with van der Waals surface area (Å²) in [4.78, 5) is 28.3. The molecule has 3 aromatic rings. The van der Waals surface area contributed by atoms with E-state index in [2.05, 4.69) is 44.3 Å². The van der Waals surface area contributed by atoms with E-state index in [4.69, 9.17) is 14.2 Å². The van der Waals surface area contributed by atoms with Crippen LogP contribution in [0.5, 0.6) is 11.5 Å².